The summed E-state index contributed by atoms with van der Waals surface area (Å²) in [5.41, 5.74) is 4.55. The molecule has 0 bridgehead atoms. The van der Waals surface area contributed by atoms with Gasteiger partial charge in [0.2, 0.25) is 0 Å². The molecule has 4 aromatic rings. The van der Waals surface area contributed by atoms with Crippen LogP contribution in [0.5, 0.6) is 11.5 Å². The summed E-state index contributed by atoms with van der Waals surface area (Å²) in [7, 11) is 1.69. The van der Waals surface area contributed by atoms with E-state index in [1.54, 1.807) is 7.11 Å². The number of piperidine rings is 1. The highest BCUT2D eigenvalue weighted by molar-refractivity contribution is 5.89. The standard InChI is InChI=1S/C24H25N5O2/c1-15-10-21(30-2)20(19-7-9-27-22(15)19)14-29-13-17-6-5-16(11-25)24(23(17)28-29)31-18-4-3-8-26-12-18/h5-7,9-10,13,18,26-27H,3-4,8,12,14H2,1-2H3/t18-/m0/s1. The molecule has 0 saturated carbocycles. The second kappa shape index (κ2) is 7.97. The smallest absolute Gasteiger partial charge is 0.165 e. The van der Waals surface area contributed by atoms with Crippen LogP contribution < -0.4 is 14.8 Å². The van der Waals surface area contributed by atoms with Crippen LogP contribution in [0.25, 0.3) is 21.8 Å². The Morgan fingerprint density at radius 2 is 2.23 bits per heavy atom. The van der Waals surface area contributed by atoms with Gasteiger partial charge in [-0.15, -0.1) is 0 Å². The quantitative estimate of drug-likeness (QED) is 0.516. The number of fused-ring (bicyclic) bond motifs is 2. The van der Waals surface area contributed by atoms with Gasteiger partial charge in [0.15, 0.2) is 5.75 Å². The Hall–Kier alpha value is -3.50. The maximum Gasteiger partial charge on any atom is 0.165 e. The molecule has 0 aliphatic carbocycles. The van der Waals surface area contributed by atoms with Gasteiger partial charge in [-0.05, 0) is 56.1 Å². The zero-order valence-electron chi connectivity index (χ0n) is 17.7. The third-order valence-corrected chi connectivity index (χ3v) is 5.99. The van der Waals surface area contributed by atoms with Gasteiger partial charge in [-0.25, -0.2) is 0 Å². The third-order valence-electron chi connectivity index (χ3n) is 5.99. The molecule has 7 nitrogen and oxygen atoms in total. The Morgan fingerprint density at radius 3 is 3.00 bits per heavy atom. The first-order chi connectivity index (χ1) is 15.2. The summed E-state index contributed by atoms with van der Waals surface area (Å²) in [5, 5.41) is 19.9. The largest absolute Gasteiger partial charge is 0.496 e. The predicted molar refractivity (Wildman–Crippen MR) is 120 cm³/mol. The summed E-state index contributed by atoms with van der Waals surface area (Å²) < 4.78 is 13.9. The topological polar surface area (TPSA) is 87.9 Å². The molecule has 0 amide bonds. The van der Waals surface area contributed by atoms with E-state index < -0.39 is 0 Å². The molecule has 0 unspecified atom stereocenters. The lowest BCUT2D eigenvalue weighted by atomic mass is 10.0. The first-order valence-electron chi connectivity index (χ1n) is 10.6. The molecular weight excluding hydrogens is 390 g/mol. The van der Waals surface area contributed by atoms with E-state index in [-0.39, 0.29) is 6.10 Å². The lowest BCUT2D eigenvalue weighted by molar-refractivity contribution is 0.168. The van der Waals surface area contributed by atoms with Crippen LogP contribution in [0.4, 0.5) is 0 Å². The van der Waals surface area contributed by atoms with E-state index >= 15 is 0 Å². The summed E-state index contributed by atoms with van der Waals surface area (Å²) in [6.07, 6.45) is 6.04. The predicted octanol–water partition coefficient (Wildman–Crippen LogP) is 3.89. The van der Waals surface area contributed by atoms with Crippen molar-refractivity contribution in [3.05, 3.63) is 53.3 Å². The summed E-state index contributed by atoms with van der Waals surface area (Å²) >= 11 is 0. The van der Waals surface area contributed by atoms with Crippen molar-refractivity contribution in [2.45, 2.75) is 32.4 Å². The summed E-state index contributed by atoms with van der Waals surface area (Å²) in [6.45, 7) is 4.42. The molecule has 1 atom stereocenters. The first kappa shape index (κ1) is 19.5. The molecule has 1 aliphatic heterocycles. The van der Waals surface area contributed by atoms with Crippen LogP contribution in [-0.2, 0) is 6.54 Å². The van der Waals surface area contributed by atoms with Gasteiger partial charge in [-0.2, -0.15) is 10.4 Å². The Bertz CT molecular complexity index is 1290. The molecule has 1 fully saturated rings. The molecule has 2 aromatic heterocycles. The number of ether oxygens (including phenoxy) is 2. The van der Waals surface area contributed by atoms with Gasteiger partial charge in [-0.1, -0.05) is 0 Å². The number of methoxy groups -OCH3 is 1. The van der Waals surface area contributed by atoms with Crippen LogP contribution in [0.2, 0.25) is 0 Å². The van der Waals surface area contributed by atoms with Gasteiger partial charge < -0.3 is 19.8 Å². The van der Waals surface area contributed by atoms with Crippen molar-refractivity contribution in [2.75, 3.05) is 20.2 Å². The van der Waals surface area contributed by atoms with E-state index in [1.165, 1.54) is 0 Å². The summed E-state index contributed by atoms with van der Waals surface area (Å²) in [5.74, 6) is 1.42. The molecule has 31 heavy (non-hydrogen) atoms. The normalized spacial score (nSPS) is 16.5. The van der Waals surface area contributed by atoms with Gasteiger partial charge in [0.25, 0.3) is 0 Å². The fourth-order valence-corrected chi connectivity index (χ4v) is 4.43. The van der Waals surface area contributed by atoms with Gasteiger partial charge >= 0.3 is 0 Å². The van der Waals surface area contributed by atoms with E-state index in [0.717, 1.165) is 64.6 Å². The Labute approximate surface area is 180 Å². The van der Waals surface area contributed by atoms with Crippen molar-refractivity contribution in [3.8, 4) is 17.6 Å². The lowest BCUT2D eigenvalue weighted by Crippen LogP contribution is -2.37. The molecule has 2 aromatic carbocycles. The van der Waals surface area contributed by atoms with Crippen molar-refractivity contribution in [2.24, 2.45) is 0 Å². The van der Waals surface area contributed by atoms with Crippen molar-refractivity contribution in [1.82, 2.24) is 20.1 Å². The monoisotopic (exact) mass is 415 g/mol. The van der Waals surface area contributed by atoms with E-state index in [9.17, 15) is 5.26 Å². The number of benzene rings is 2. The molecule has 0 spiro atoms. The van der Waals surface area contributed by atoms with E-state index in [4.69, 9.17) is 14.6 Å². The van der Waals surface area contributed by atoms with E-state index in [1.807, 2.05) is 29.2 Å². The molecule has 0 radical (unpaired) electrons. The number of hydrogen-bond donors (Lipinski definition) is 2. The van der Waals surface area contributed by atoms with Crippen LogP contribution in [0, 0.1) is 18.3 Å². The minimum Gasteiger partial charge on any atom is -0.496 e. The Kier molecular flexibility index (Phi) is 5.00. The number of aromatic nitrogens is 3. The number of H-pyrrole nitrogens is 1. The van der Waals surface area contributed by atoms with Crippen LogP contribution in [0.1, 0.15) is 29.5 Å². The Balaban J connectivity index is 1.56. The second-order valence-corrected chi connectivity index (χ2v) is 8.05. The van der Waals surface area contributed by atoms with Crippen LogP contribution in [0.3, 0.4) is 0 Å². The van der Waals surface area contributed by atoms with Crippen LogP contribution >= 0.6 is 0 Å². The van der Waals surface area contributed by atoms with E-state index in [2.05, 4.69) is 35.4 Å². The van der Waals surface area contributed by atoms with Crippen molar-refractivity contribution >= 4 is 21.8 Å². The maximum atomic E-state index is 9.64. The highest BCUT2D eigenvalue weighted by atomic mass is 16.5. The molecule has 5 rings (SSSR count). The third kappa shape index (κ3) is 3.49. The molecule has 1 aliphatic rings. The van der Waals surface area contributed by atoms with Gasteiger partial charge in [-0.3, -0.25) is 4.68 Å². The number of nitrogens with one attached hydrogen (secondary N) is 2. The first-order valence-corrected chi connectivity index (χ1v) is 10.6. The molecule has 7 heteroatoms. The van der Waals surface area contributed by atoms with Gasteiger partial charge in [0.1, 0.15) is 23.4 Å². The fraction of sp³-hybridized carbons (Fsp3) is 0.333. The molecule has 3 heterocycles. The number of nitriles is 1. The Morgan fingerprint density at radius 1 is 1.32 bits per heavy atom. The van der Waals surface area contributed by atoms with Crippen LogP contribution in [-0.4, -0.2) is 41.1 Å². The molecule has 1 saturated heterocycles. The van der Waals surface area contributed by atoms with Crippen molar-refractivity contribution < 1.29 is 9.47 Å². The number of hydrogen-bond acceptors (Lipinski definition) is 5. The minimum atomic E-state index is 0.0493. The summed E-state index contributed by atoms with van der Waals surface area (Å²) in [4.78, 5) is 3.31. The van der Waals surface area contributed by atoms with Gasteiger partial charge in [0, 0.05) is 40.8 Å². The fourth-order valence-electron chi connectivity index (χ4n) is 4.43. The second-order valence-electron chi connectivity index (χ2n) is 8.05. The number of aryl methyl sites for hydroxylation is 1. The van der Waals surface area contributed by atoms with Crippen molar-refractivity contribution in [1.29, 1.82) is 5.26 Å². The molecular formula is C24H25N5O2. The number of aromatic amines is 1. The van der Waals surface area contributed by atoms with Crippen molar-refractivity contribution in [3.63, 3.8) is 0 Å². The highest BCUT2D eigenvalue weighted by Crippen LogP contribution is 2.33. The molecule has 2 N–H and O–H groups in total. The lowest BCUT2D eigenvalue weighted by Gasteiger charge is -2.24. The van der Waals surface area contributed by atoms with Gasteiger partial charge in [0.05, 0.1) is 19.2 Å². The number of rotatable bonds is 5. The highest BCUT2D eigenvalue weighted by Gasteiger charge is 2.20. The molecule has 158 valence electrons. The average molecular weight is 415 g/mol. The van der Waals surface area contributed by atoms with E-state index in [0.29, 0.717) is 17.9 Å². The summed E-state index contributed by atoms with van der Waals surface area (Å²) in [6, 6.07) is 10.1. The zero-order valence-corrected chi connectivity index (χ0v) is 17.7. The maximum absolute atomic E-state index is 9.64. The minimum absolute atomic E-state index is 0.0493. The SMILES string of the molecule is COc1cc(C)c2[nH]ccc2c1Cn1cc2ccc(C#N)c(O[C@H]3CCCNC3)c2n1. The zero-order chi connectivity index (χ0) is 21.4. The average Bonchev–Trinajstić information content (AvgIpc) is 3.44. The number of nitrogens with zero attached hydrogens (tertiary/aromatic N) is 3. The van der Waals surface area contributed by atoms with Crippen LogP contribution in [0.15, 0.2) is 36.7 Å².